The van der Waals surface area contributed by atoms with Crippen LogP contribution >= 0.6 is 0 Å². The highest BCUT2D eigenvalue weighted by Gasteiger charge is 2.47. The average Bonchev–Trinajstić information content (AvgIpc) is 2.97. The van der Waals surface area contributed by atoms with Gasteiger partial charge in [-0.15, -0.1) is 0 Å². The fourth-order valence-electron chi connectivity index (χ4n) is 6.08. The molecular weight excluding hydrogens is 590 g/mol. The first kappa shape index (κ1) is 32.8. The first-order chi connectivity index (χ1) is 20.3. The number of anilines is 3. The lowest BCUT2D eigenvalue weighted by Gasteiger charge is -2.54. The molecule has 12 heteroatoms. The van der Waals surface area contributed by atoms with E-state index < -0.39 is 25.8 Å². The van der Waals surface area contributed by atoms with E-state index in [-0.39, 0.29) is 33.8 Å². The lowest BCUT2D eigenvalue weighted by molar-refractivity contribution is -0.147. The maximum Gasteiger partial charge on any atom is 0.306 e. The van der Waals surface area contributed by atoms with E-state index >= 15 is 0 Å². The Morgan fingerprint density at radius 2 is 1.65 bits per heavy atom. The van der Waals surface area contributed by atoms with Gasteiger partial charge < -0.3 is 15.0 Å². The highest BCUT2D eigenvalue weighted by atomic mass is 32.2. The monoisotopic (exact) mass is 633 g/mol. The highest BCUT2D eigenvalue weighted by Crippen LogP contribution is 2.48. The zero-order valence-corrected chi connectivity index (χ0v) is 27.0. The van der Waals surface area contributed by atoms with Crippen LogP contribution in [0.3, 0.4) is 0 Å². The Bertz CT molecular complexity index is 1510. The molecule has 1 aliphatic carbocycles. The summed E-state index contributed by atoms with van der Waals surface area (Å²) in [7, 11) is -5.67. The Morgan fingerprint density at radius 3 is 2.26 bits per heavy atom. The average molecular weight is 634 g/mol. The number of unbranched alkanes of at least 4 members (excludes halogenated alkanes) is 3. The number of nitrogens with one attached hydrogen (secondary N) is 1. The number of nitrogens with zero attached hydrogens (tertiary/aromatic N) is 2. The Kier molecular flexibility index (Phi) is 10.4. The van der Waals surface area contributed by atoms with Crippen LogP contribution in [0, 0.1) is 17.8 Å². The van der Waals surface area contributed by atoms with Gasteiger partial charge in [0.15, 0.2) is 9.84 Å². The van der Waals surface area contributed by atoms with Crippen molar-refractivity contribution in [3.05, 3.63) is 48.0 Å². The maximum absolute atomic E-state index is 13.6. The molecule has 2 aromatic rings. The summed E-state index contributed by atoms with van der Waals surface area (Å²) >= 11 is 0. The number of carbonyl (C=O) groups is 2. The third-order valence-electron chi connectivity index (χ3n) is 8.60. The van der Waals surface area contributed by atoms with Crippen molar-refractivity contribution in [3.63, 3.8) is 0 Å². The van der Waals surface area contributed by atoms with Crippen LogP contribution in [-0.2, 0) is 29.4 Å². The molecule has 2 heterocycles. The van der Waals surface area contributed by atoms with E-state index in [1.807, 2.05) is 6.07 Å². The number of sulfonamides is 1. The summed E-state index contributed by atoms with van der Waals surface area (Å²) in [6.07, 6.45) is 6.02. The van der Waals surface area contributed by atoms with Crippen LogP contribution in [0.2, 0.25) is 0 Å². The van der Waals surface area contributed by atoms with Gasteiger partial charge in [0.1, 0.15) is 0 Å². The number of piperidine rings is 2. The van der Waals surface area contributed by atoms with Crippen LogP contribution in [0.5, 0.6) is 0 Å². The Morgan fingerprint density at radius 1 is 0.977 bits per heavy atom. The van der Waals surface area contributed by atoms with Crippen molar-refractivity contribution in [2.75, 3.05) is 53.3 Å². The van der Waals surface area contributed by atoms with E-state index in [9.17, 15) is 26.4 Å². The quantitative estimate of drug-likeness (QED) is 0.234. The second kappa shape index (κ2) is 13.7. The molecule has 1 N–H and O–H groups in total. The number of ether oxygens (including phenoxy) is 1. The van der Waals surface area contributed by atoms with Gasteiger partial charge in [-0.25, -0.2) is 16.8 Å². The zero-order chi connectivity index (χ0) is 31.4. The lowest BCUT2D eigenvalue weighted by atomic mass is 9.60. The molecule has 5 rings (SSSR count). The molecule has 2 aromatic carbocycles. The zero-order valence-electron chi connectivity index (χ0n) is 25.4. The van der Waals surface area contributed by atoms with Gasteiger partial charge in [-0.3, -0.25) is 13.9 Å². The topological polar surface area (TPSA) is 130 Å². The second-order valence-corrected chi connectivity index (χ2v) is 15.7. The molecule has 2 aliphatic heterocycles. The fraction of sp³-hybridized carbons (Fsp3) is 0.548. The molecule has 0 spiro atoms. The van der Waals surface area contributed by atoms with Crippen molar-refractivity contribution in [1.82, 2.24) is 0 Å². The number of rotatable bonds is 14. The number of carbonyl (C=O) groups excluding carboxylic acids is 2. The third-order valence-corrected chi connectivity index (χ3v) is 11.6. The second-order valence-electron chi connectivity index (χ2n) is 11.6. The van der Waals surface area contributed by atoms with E-state index in [4.69, 9.17) is 4.74 Å². The number of amides is 1. The van der Waals surface area contributed by atoms with Crippen LogP contribution < -0.4 is 14.5 Å². The van der Waals surface area contributed by atoms with Gasteiger partial charge in [-0.05, 0) is 80.0 Å². The van der Waals surface area contributed by atoms with Crippen LogP contribution in [0.15, 0.2) is 47.4 Å². The molecule has 2 bridgehead atoms. The molecule has 3 fully saturated rings. The molecule has 0 aromatic heterocycles. The summed E-state index contributed by atoms with van der Waals surface area (Å²) in [6, 6.07) is 11.2. The van der Waals surface area contributed by atoms with E-state index in [1.165, 1.54) is 19.2 Å². The molecule has 1 saturated carbocycles. The van der Waals surface area contributed by atoms with Gasteiger partial charge in [0.25, 0.3) is 5.91 Å². The summed E-state index contributed by atoms with van der Waals surface area (Å²) < 4.78 is 56.4. The van der Waals surface area contributed by atoms with Gasteiger partial charge in [-0.2, -0.15) is 0 Å². The van der Waals surface area contributed by atoms with Crippen molar-refractivity contribution < 1.29 is 31.2 Å². The molecule has 1 amide bonds. The Labute approximate surface area is 255 Å². The van der Waals surface area contributed by atoms with E-state index in [0.29, 0.717) is 37.0 Å². The Hall–Kier alpha value is -3.12. The number of esters is 1. The molecule has 10 nitrogen and oxygen atoms in total. The van der Waals surface area contributed by atoms with Crippen molar-refractivity contribution in [2.45, 2.75) is 57.3 Å². The Balaban J connectivity index is 1.51. The van der Waals surface area contributed by atoms with Crippen LogP contribution in [0.25, 0.3) is 0 Å². The summed E-state index contributed by atoms with van der Waals surface area (Å²) in [5.41, 5.74) is 1.61. The van der Waals surface area contributed by atoms with Gasteiger partial charge >= 0.3 is 5.97 Å². The summed E-state index contributed by atoms with van der Waals surface area (Å²) in [6.45, 7) is 5.71. The van der Waals surface area contributed by atoms with Crippen LogP contribution in [0.1, 0.15) is 62.7 Å². The van der Waals surface area contributed by atoms with E-state index in [0.717, 1.165) is 55.0 Å². The molecule has 236 valence electrons. The molecule has 2 saturated heterocycles. The number of sulfone groups is 1. The summed E-state index contributed by atoms with van der Waals surface area (Å²) in [4.78, 5) is 28.0. The molecule has 2 atom stereocenters. The third kappa shape index (κ3) is 7.89. The van der Waals surface area contributed by atoms with Crippen LogP contribution in [0.4, 0.5) is 17.1 Å². The summed E-state index contributed by atoms with van der Waals surface area (Å²) in [5, 5.41) is 2.81. The van der Waals surface area contributed by atoms with E-state index in [2.05, 4.69) is 17.1 Å². The van der Waals surface area contributed by atoms with Gasteiger partial charge in [0, 0.05) is 37.9 Å². The molecule has 43 heavy (non-hydrogen) atoms. The van der Waals surface area contributed by atoms with E-state index in [1.54, 1.807) is 31.2 Å². The lowest BCUT2D eigenvalue weighted by Crippen LogP contribution is -2.55. The standard InChI is InChI=1S/C31H43N3O7S2/c1-5-7-8-9-16-43(39,40)26-13-10-24(11-14-26)32-31(36)28-18-25(12-15-29(28)33(3)42(4,37)38)34-20-22-17-23(21-34)27(22)19-30(35)41-6-2/h10-15,18,22-23,27H,5-9,16-17,19-21H2,1-4H3,(H,32,36). The maximum atomic E-state index is 13.6. The minimum atomic E-state index is -3.65. The molecular formula is C31H43N3O7S2. The number of hydrogen-bond donors (Lipinski definition) is 1. The number of fused-ring (bicyclic) bond motifs is 2. The number of hydrogen-bond acceptors (Lipinski definition) is 8. The van der Waals surface area contributed by atoms with Gasteiger partial charge in [0.05, 0.1) is 34.8 Å². The molecule has 0 radical (unpaired) electrons. The van der Waals surface area contributed by atoms with Crippen molar-refractivity contribution in [3.8, 4) is 0 Å². The smallest absolute Gasteiger partial charge is 0.306 e. The van der Waals surface area contributed by atoms with Crippen molar-refractivity contribution in [1.29, 1.82) is 0 Å². The number of benzene rings is 2. The SMILES string of the molecule is CCCCCCS(=O)(=O)c1ccc(NC(=O)c2cc(N3CC4CC(C3)C4CC(=O)OCC)ccc2N(C)S(C)(=O)=O)cc1. The van der Waals surface area contributed by atoms with Gasteiger partial charge in [0.2, 0.25) is 10.0 Å². The predicted molar refractivity (Wildman–Crippen MR) is 169 cm³/mol. The summed E-state index contributed by atoms with van der Waals surface area (Å²) in [5.74, 6) is 0.386. The first-order valence-electron chi connectivity index (χ1n) is 15.0. The van der Waals surface area contributed by atoms with Gasteiger partial charge in [-0.1, -0.05) is 26.2 Å². The van der Waals surface area contributed by atoms with Crippen molar-refractivity contribution in [2.24, 2.45) is 17.8 Å². The normalized spacial score (nSPS) is 19.8. The predicted octanol–water partition coefficient (Wildman–Crippen LogP) is 4.71. The molecule has 3 aliphatic rings. The van der Waals surface area contributed by atoms with Crippen molar-refractivity contribution >= 4 is 48.8 Å². The highest BCUT2D eigenvalue weighted by molar-refractivity contribution is 7.92. The minimum Gasteiger partial charge on any atom is -0.466 e. The first-order valence-corrected chi connectivity index (χ1v) is 18.5. The largest absolute Gasteiger partial charge is 0.466 e. The fourth-order valence-corrected chi connectivity index (χ4v) is 7.97. The molecule has 2 unspecified atom stereocenters. The van der Waals surface area contributed by atoms with Crippen LogP contribution in [-0.4, -0.2) is 67.5 Å². The minimum absolute atomic E-state index is 0.0778.